The molecule has 0 saturated carbocycles. The number of piperidine rings is 2. The molecule has 266 valence electrons. The molecule has 0 N–H and O–H groups in total. The Morgan fingerprint density at radius 2 is 1.50 bits per heavy atom. The fraction of sp³-hybridized carbons (Fsp3) is 0.707. The van der Waals surface area contributed by atoms with Crippen LogP contribution in [0, 0.1) is 11.8 Å². The predicted molar refractivity (Wildman–Crippen MR) is 192 cm³/mol. The number of carbonyl (C=O) groups is 2. The molecule has 5 rings (SSSR count). The van der Waals surface area contributed by atoms with E-state index in [0.717, 1.165) is 64.5 Å². The molecule has 0 spiro atoms. The summed E-state index contributed by atoms with van der Waals surface area (Å²) in [5.41, 5.74) is 1.36. The van der Waals surface area contributed by atoms with Gasteiger partial charge in [0.2, 0.25) is 5.91 Å². The van der Waals surface area contributed by atoms with Crippen molar-refractivity contribution in [2.24, 2.45) is 11.8 Å². The van der Waals surface area contributed by atoms with Crippen molar-refractivity contribution in [2.45, 2.75) is 147 Å². The van der Waals surface area contributed by atoms with Gasteiger partial charge in [0.25, 0.3) is 0 Å². The normalized spacial score (nSPS) is 35.4. The fourth-order valence-corrected chi connectivity index (χ4v) is 8.27. The Balaban J connectivity index is 1.14. The smallest absolute Gasteiger partial charge is 0.309 e. The number of hydrogen-bond donors (Lipinski definition) is 0. The van der Waals surface area contributed by atoms with Gasteiger partial charge in [0.15, 0.2) is 0 Å². The first-order valence-electron chi connectivity index (χ1n) is 19.2. The molecule has 5 aliphatic heterocycles. The van der Waals surface area contributed by atoms with Crippen LogP contribution in [0.2, 0.25) is 0 Å². The highest BCUT2D eigenvalue weighted by atomic mass is 16.5. The minimum atomic E-state index is -0.382. The maximum Gasteiger partial charge on any atom is 0.309 e. The number of cyclic esters (lactones) is 1. The van der Waals surface area contributed by atoms with E-state index in [9.17, 15) is 9.59 Å². The van der Waals surface area contributed by atoms with E-state index in [1.54, 1.807) is 0 Å². The molecular weight excluding hydrogens is 600 g/mol. The zero-order valence-electron chi connectivity index (χ0n) is 30.0. The van der Waals surface area contributed by atoms with Gasteiger partial charge in [-0.15, -0.1) is 0 Å². The number of hydrogen-bond acceptors (Lipinski definition) is 6. The topological polar surface area (TPSA) is 68.3 Å². The third-order valence-electron chi connectivity index (χ3n) is 11.1. The number of amides is 1. The predicted octanol–water partition coefficient (Wildman–Crippen LogP) is 7.88. The number of carbonyl (C=O) groups excluding carboxylic acids is 2. The molecule has 4 bridgehead atoms. The molecule has 7 unspecified atom stereocenters. The maximum atomic E-state index is 13.3. The summed E-state index contributed by atoms with van der Waals surface area (Å²) in [5.74, 6) is 0.391. The molecule has 7 atom stereocenters. The number of ether oxygens (including phenoxy) is 3. The summed E-state index contributed by atoms with van der Waals surface area (Å²) in [7, 11) is 0. The third kappa shape index (κ3) is 11.6. The second-order valence-electron chi connectivity index (χ2n) is 15.0. The summed E-state index contributed by atoms with van der Waals surface area (Å²) in [4.78, 5) is 30.7. The zero-order chi connectivity index (χ0) is 33.7. The molecule has 5 aliphatic rings. The molecule has 48 heavy (non-hydrogen) atoms. The Bertz CT molecular complexity index is 1180. The molecule has 4 fully saturated rings. The SMILES string of the molecule is C/C=C1\CC2CC(=O)OC(/C=C/C=C\C=C\CC(=O)N3CCC(N4CCCCC4)CC3)C(C)/C=C/C(C)CC3CCCC(CC(C1)O2)O3. The van der Waals surface area contributed by atoms with Crippen LogP contribution in [0.1, 0.15) is 111 Å². The molecule has 7 heteroatoms. The maximum absolute atomic E-state index is 13.3. The number of rotatable bonds is 6. The molecule has 7 nitrogen and oxygen atoms in total. The largest absolute Gasteiger partial charge is 0.457 e. The summed E-state index contributed by atoms with van der Waals surface area (Å²) < 4.78 is 19.2. The minimum Gasteiger partial charge on any atom is -0.457 e. The van der Waals surface area contributed by atoms with Crippen LogP contribution < -0.4 is 0 Å². The van der Waals surface area contributed by atoms with E-state index >= 15 is 0 Å². The lowest BCUT2D eigenvalue weighted by Crippen LogP contribution is -2.48. The molecule has 4 saturated heterocycles. The molecular formula is C41H62N2O5. The lowest BCUT2D eigenvalue weighted by Gasteiger charge is -2.40. The van der Waals surface area contributed by atoms with Crippen LogP contribution in [0.15, 0.2) is 60.3 Å². The van der Waals surface area contributed by atoms with Crippen molar-refractivity contribution in [3.8, 4) is 0 Å². The van der Waals surface area contributed by atoms with Crippen molar-refractivity contribution in [1.82, 2.24) is 9.80 Å². The van der Waals surface area contributed by atoms with E-state index in [-0.39, 0.29) is 54.7 Å². The molecule has 0 aromatic rings. The number of esters is 1. The number of fused-ring (bicyclic) bond motifs is 4. The molecule has 0 aliphatic carbocycles. The highest BCUT2D eigenvalue weighted by molar-refractivity contribution is 5.77. The Hall–Kier alpha value is -2.48. The Labute approximate surface area is 290 Å². The Morgan fingerprint density at radius 1 is 0.792 bits per heavy atom. The second-order valence-corrected chi connectivity index (χ2v) is 15.0. The van der Waals surface area contributed by atoms with Crippen LogP contribution in [-0.4, -0.2) is 84.4 Å². The van der Waals surface area contributed by atoms with Gasteiger partial charge in [-0.3, -0.25) is 9.59 Å². The van der Waals surface area contributed by atoms with E-state index in [4.69, 9.17) is 14.2 Å². The standard InChI is InChI=1S/C41H62N2O5/c1-4-33-27-37-29-36-15-13-14-35(46-36)26-31(2)18-19-32(3)39(48-41(45)30-38(28-33)47-37)16-9-6-5-7-10-17-40(44)43-24-20-34(21-25-43)42-22-11-8-12-23-42/h4-7,9-10,16,18-19,31-32,34-39H,8,11-15,17,20-30H2,1-3H3/b6-5-,10-7+,16-9+,19-18+,33-4-. The second kappa shape index (κ2) is 19.1. The number of likely N-dealkylation sites (tertiary alicyclic amines) is 2. The molecule has 0 aromatic carbocycles. The monoisotopic (exact) mass is 662 g/mol. The van der Waals surface area contributed by atoms with Crippen LogP contribution in [-0.2, 0) is 23.8 Å². The van der Waals surface area contributed by atoms with Gasteiger partial charge in [-0.2, -0.15) is 0 Å². The van der Waals surface area contributed by atoms with Crippen LogP contribution in [0.3, 0.4) is 0 Å². The van der Waals surface area contributed by atoms with E-state index in [1.807, 2.05) is 41.4 Å². The highest BCUT2D eigenvalue weighted by Crippen LogP contribution is 2.33. The van der Waals surface area contributed by atoms with Gasteiger partial charge in [0.05, 0.1) is 30.8 Å². The summed E-state index contributed by atoms with van der Waals surface area (Å²) in [6.07, 6.45) is 32.2. The Morgan fingerprint density at radius 3 is 2.27 bits per heavy atom. The van der Waals surface area contributed by atoms with Crippen LogP contribution >= 0.6 is 0 Å². The van der Waals surface area contributed by atoms with Crippen molar-refractivity contribution in [3.63, 3.8) is 0 Å². The average Bonchev–Trinajstić information content (AvgIpc) is 3.09. The van der Waals surface area contributed by atoms with Crippen molar-refractivity contribution >= 4 is 11.9 Å². The lowest BCUT2D eigenvalue weighted by atomic mass is 9.90. The first-order valence-corrected chi connectivity index (χ1v) is 19.2. The van der Waals surface area contributed by atoms with E-state index < -0.39 is 0 Å². The van der Waals surface area contributed by atoms with Crippen molar-refractivity contribution in [3.05, 3.63) is 60.3 Å². The van der Waals surface area contributed by atoms with Gasteiger partial charge in [0.1, 0.15) is 6.10 Å². The van der Waals surface area contributed by atoms with Gasteiger partial charge >= 0.3 is 5.97 Å². The molecule has 1 amide bonds. The molecule has 0 radical (unpaired) electrons. The van der Waals surface area contributed by atoms with Crippen molar-refractivity contribution < 1.29 is 23.8 Å². The quantitative estimate of drug-likeness (QED) is 0.164. The van der Waals surface area contributed by atoms with Gasteiger partial charge in [-0.05, 0) is 96.2 Å². The van der Waals surface area contributed by atoms with E-state index in [2.05, 4.69) is 43.9 Å². The van der Waals surface area contributed by atoms with Gasteiger partial charge in [-0.25, -0.2) is 0 Å². The summed E-state index contributed by atoms with van der Waals surface area (Å²) in [6, 6.07) is 0.651. The van der Waals surface area contributed by atoms with Crippen LogP contribution in [0.4, 0.5) is 0 Å². The summed E-state index contributed by atoms with van der Waals surface area (Å²) in [6.45, 7) is 10.6. The number of nitrogens with zero attached hydrogens (tertiary/aromatic N) is 2. The van der Waals surface area contributed by atoms with Gasteiger partial charge < -0.3 is 24.0 Å². The Kier molecular flexibility index (Phi) is 14.6. The van der Waals surface area contributed by atoms with Crippen LogP contribution in [0.5, 0.6) is 0 Å². The fourth-order valence-electron chi connectivity index (χ4n) is 8.27. The van der Waals surface area contributed by atoms with Gasteiger partial charge in [0, 0.05) is 37.9 Å². The van der Waals surface area contributed by atoms with E-state index in [0.29, 0.717) is 18.4 Å². The minimum absolute atomic E-state index is 0.0207. The first-order chi connectivity index (χ1) is 23.4. The zero-order valence-corrected chi connectivity index (χ0v) is 30.0. The van der Waals surface area contributed by atoms with E-state index in [1.165, 1.54) is 44.3 Å². The first kappa shape index (κ1) is 36.8. The van der Waals surface area contributed by atoms with Crippen molar-refractivity contribution in [1.29, 1.82) is 0 Å². The number of allylic oxidation sites excluding steroid dienone is 6. The molecule has 0 aromatic heterocycles. The summed E-state index contributed by atoms with van der Waals surface area (Å²) in [5, 5.41) is 0. The average molecular weight is 663 g/mol. The lowest BCUT2D eigenvalue weighted by molar-refractivity contribution is -0.154. The summed E-state index contributed by atoms with van der Waals surface area (Å²) >= 11 is 0. The highest BCUT2D eigenvalue weighted by Gasteiger charge is 2.33. The van der Waals surface area contributed by atoms with Crippen LogP contribution in [0.25, 0.3) is 0 Å². The van der Waals surface area contributed by atoms with Gasteiger partial charge in [-0.1, -0.05) is 74.4 Å². The van der Waals surface area contributed by atoms with Crippen molar-refractivity contribution in [2.75, 3.05) is 26.2 Å². The molecule has 5 heterocycles. The third-order valence-corrected chi connectivity index (χ3v) is 11.1.